The van der Waals surface area contributed by atoms with Crippen LogP contribution in [0.15, 0.2) is 30.3 Å². The molecule has 1 aromatic carbocycles. The normalized spacial score (nSPS) is 17.5. The van der Waals surface area contributed by atoms with Crippen molar-refractivity contribution >= 4 is 23.3 Å². The topological polar surface area (TPSA) is 76.6 Å². The number of hydrogen-bond donors (Lipinski definition) is 1. The minimum Gasteiger partial charge on any atom is -0.493 e. The van der Waals surface area contributed by atoms with E-state index in [4.69, 9.17) is 21.1 Å². The molecule has 2 atom stereocenters. The molecule has 1 amide bonds. The number of amides is 1. The number of nitrogens with zero attached hydrogens (tertiary/aromatic N) is 3. The van der Waals surface area contributed by atoms with Gasteiger partial charge in [-0.2, -0.15) is 0 Å². The van der Waals surface area contributed by atoms with Crippen molar-refractivity contribution in [3.8, 4) is 11.5 Å². The molecule has 2 heterocycles. The highest BCUT2D eigenvalue weighted by Gasteiger charge is 2.27. The number of halogens is 1. The molecule has 1 aromatic heterocycles. The molecule has 0 radical (unpaired) electrons. The van der Waals surface area contributed by atoms with Gasteiger partial charge in [-0.3, -0.25) is 4.79 Å². The van der Waals surface area contributed by atoms with Crippen molar-refractivity contribution in [1.82, 2.24) is 15.5 Å². The number of aromatic nitrogens is 2. The van der Waals surface area contributed by atoms with E-state index in [9.17, 15) is 4.79 Å². The van der Waals surface area contributed by atoms with E-state index in [0.29, 0.717) is 29.8 Å². The Kier molecular flexibility index (Phi) is 7.14. The van der Waals surface area contributed by atoms with Gasteiger partial charge in [0.1, 0.15) is 0 Å². The Bertz CT molecular complexity index is 831. The summed E-state index contributed by atoms with van der Waals surface area (Å²) in [6.45, 7) is 5.93. The molecule has 0 bridgehead atoms. The lowest BCUT2D eigenvalue weighted by Crippen LogP contribution is -2.44. The Morgan fingerprint density at radius 2 is 2.14 bits per heavy atom. The number of hydrogen-bond acceptors (Lipinski definition) is 6. The predicted octanol–water partition coefficient (Wildman–Crippen LogP) is 3.63. The SMILES string of the molecule is CCOc1ccc([C@H](C)NC(=O)[C@@H]2CCCN(c3ccc(Cl)nn3)C2)cc1OC. The van der Waals surface area contributed by atoms with Gasteiger partial charge in [-0.05, 0) is 56.5 Å². The first kappa shape index (κ1) is 21.2. The minimum atomic E-state index is -0.141. The first-order valence-electron chi connectivity index (χ1n) is 9.87. The van der Waals surface area contributed by atoms with Gasteiger partial charge in [0.05, 0.1) is 25.7 Å². The largest absolute Gasteiger partial charge is 0.493 e. The van der Waals surface area contributed by atoms with Crippen LogP contribution in [0.4, 0.5) is 5.82 Å². The standard InChI is InChI=1S/C21H27ClN4O3/c1-4-29-17-8-7-15(12-18(17)28-3)14(2)23-21(27)16-6-5-11-26(13-16)20-10-9-19(22)24-25-20/h7-10,12,14,16H,4-6,11,13H2,1-3H3,(H,23,27)/t14-,16+/m0/s1. The minimum absolute atomic E-state index is 0.0389. The lowest BCUT2D eigenvalue weighted by atomic mass is 9.96. The summed E-state index contributed by atoms with van der Waals surface area (Å²) in [5, 5.41) is 11.5. The van der Waals surface area contributed by atoms with Crippen LogP contribution >= 0.6 is 11.6 Å². The molecule has 1 aliphatic heterocycles. The Hall–Kier alpha value is -2.54. The van der Waals surface area contributed by atoms with Gasteiger partial charge >= 0.3 is 0 Å². The van der Waals surface area contributed by atoms with Gasteiger partial charge < -0.3 is 19.7 Å². The summed E-state index contributed by atoms with van der Waals surface area (Å²) in [5.41, 5.74) is 0.967. The van der Waals surface area contributed by atoms with Crippen LogP contribution < -0.4 is 19.7 Å². The highest BCUT2D eigenvalue weighted by atomic mass is 35.5. The number of carbonyl (C=O) groups excluding carboxylic acids is 1. The molecule has 0 aliphatic carbocycles. The van der Waals surface area contributed by atoms with Gasteiger partial charge in [0, 0.05) is 13.1 Å². The first-order chi connectivity index (χ1) is 14.0. The van der Waals surface area contributed by atoms with Gasteiger partial charge in [0.15, 0.2) is 22.5 Å². The van der Waals surface area contributed by atoms with E-state index >= 15 is 0 Å². The van der Waals surface area contributed by atoms with Gasteiger partial charge in [0.25, 0.3) is 0 Å². The zero-order valence-corrected chi connectivity index (χ0v) is 17.8. The molecule has 3 rings (SSSR count). The van der Waals surface area contributed by atoms with E-state index in [-0.39, 0.29) is 17.9 Å². The third-order valence-corrected chi connectivity index (χ3v) is 5.28. The average Bonchev–Trinajstić information content (AvgIpc) is 2.74. The summed E-state index contributed by atoms with van der Waals surface area (Å²) in [4.78, 5) is 15.0. The van der Waals surface area contributed by atoms with Crippen LogP contribution in [-0.2, 0) is 4.79 Å². The van der Waals surface area contributed by atoms with Crippen molar-refractivity contribution in [3.63, 3.8) is 0 Å². The highest BCUT2D eigenvalue weighted by molar-refractivity contribution is 6.29. The number of anilines is 1. The molecule has 1 N–H and O–H groups in total. The smallest absolute Gasteiger partial charge is 0.225 e. The van der Waals surface area contributed by atoms with Crippen molar-refractivity contribution in [2.45, 2.75) is 32.7 Å². The van der Waals surface area contributed by atoms with E-state index in [1.807, 2.05) is 38.1 Å². The number of carbonyl (C=O) groups is 1. The van der Waals surface area contributed by atoms with E-state index in [0.717, 1.165) is 30.8 Å². The molecular formula is C21H27ClN4O3. The first-order valence-corrected chi connectivity index (χ1v) is 10.2. The molecule has 0 spiro atoms. The summed E-state index contributed by atoms with van der Waals surface area (Å²) in [6, 6.07) is 9.15. The van der Waals surface area contributed by atoms with E-state index in [2.05, 4.69) is 20.4 Å². The van der Waals surface area contributed by atoms with Crippen LogP contribution in [0.1, 0.15) is 38.3 Å². The molecule has 7 nitrogen and oxygen atoms in total. The third-order valence-electron chi connectivity index (χ3n) is 5.08. The maximum absolute atomic E-state index is 12.9. The third kappa shape index (κ3) is 5.29. The van der Waals surface area contributed by atoms with Crippen LogP contribution in [0, 0.1) is 5.92 Å². The Morgan fingerprint density at radius 1 is 1.31 bits per heavy atom. The van der Waals surface area contributed by atoms with E-state index in [1.165, 1.54) is 0 Å². The van der Waals surface area contributed by atoms with Crippen molar-refractivity contribution < 1.29 is 14.3 Å². The van der Waals surface area contributed by atoms with Gasteiger partial charge in [-0.1, -0.05) is 17.7 Å². The zero-order valence-electron chi connectivity index (χ0n) is 17.0. The molecular weight excluding hydrogens is 392 g/mol. The Balaban J connectivity index is 1.63. The van der Waals surface area contributed by atoms with Crippen LogP contribution in [0.2, 0.25) is 5.15 Å². The molecule has 1 aliphatic rings. The second kappa shape index (κ2) is 9.78. The van der Waals surface area contributed by atoms with Crippen molar-refractivity contribution in [3.05, 3.63) is 41.0 Å². The quantitative estimate of drug-likeness (QED) is 0.739. The molecule has 1 fully saturated rings. The fourth-order valence-corrected chi connectivity index (χ4v) is 3.62. The Labute approximate surface area is 176 Å². The maximum Gasteiger partial charge on any atom is 0.225 e. The van der Waals surface area contributed by atoms with Crippen LogP contribution in [0.5, 0.6) is 11.5 Å². The van der Waals surface area contributed by atoms with Crippen molar-refractivity contribution in [2.24, 2.45) is 5.92 Å². The van der Waals surface area contributed by atoms with E-state index < -0.39 is 0 Å². The number of methoxy groups -OCH3 is 1. The zero-order chi connectivity index (χ0) is 20.8. The molecule has 1 saturated heterocycles. The van der Waals surface area contributed by atoms with Crippen molar-refractivity contribution in [2.75, 3.05) is 31.7 Å². The summed E-state index contributed by atoms with van der Waals surface area (Å²) in [5.74, 6) is 2.04. The van der Waals surface area contributed by atoms with Gasteiger partial charge in [-0.15, -0.1) is 10.2 Å². The van der Waals surface area contributed by atoms with E-state index in [1.54, 1.807) is 13.2 Å². The molecule has 0 unspecified atom stereocenters. The number of benzene rings is 1. The van der Waals surface area contributed by atoms with Crippen molar-refractivity contribution in [1.29, 1.82) is 0 Å². The molecule has 2 aromatic rings. The Morgan fingerprint density at radius 3 is 2.83 bits per heavy atom. The number of nitrogens with one attached hydrogen (secondary N) is 1. The summed E-state index contributed by atoms with van der Waals surface area (Å²) in [7, 11) is 1.61. The second-order valence-corrected chi connectivity index (χ2v) is 7.46. The lowest BCUT2D eigenvalue weighted by Gasteiger charge is -2.33. The number of piperidine rings is 1. The molecule has 8 heteroatoms. The maximum atomic E-state index is 12.9. The monoisotopic (exact) mass is 418 g/mol. The fraction of sp³-hybridized carbons (Fsp3) is 0.476. The average molecular weight is 419 g/mol. The molecule has 156 valence electrons. The van der Waals surface area contributed by atoms with Gasteiger partial charge in [-0.25, -0.2) is 0 Å². The second-order valence-electron chi connectivity index (χ2n) is 7.07. The fourth-order valence-electron chi connectivity index (χ4n) is 3.52. The summed E-state index contributed by atoms with van der Waals surface area (Å²) >= 11 is 5.82. The highest BCUT2D eigenvalue weighted by Crippen LogP contribution is 2.30. The number of rotatable bonds is 7. The number of ether oxygens (including phenoxy) is 2. The summed E-state index contributed by atoms with van der Waals surface area (Å²) in [6.07, 6.45) is 1.77. The van der Waals surface area contributed by atoms with Crippen LogP contribution in [0.25, 0.3) is 0 Å². The molecule has 29 heavy (non-hydrogen) atoms. The van der Waals surface area contributed by atoms with Crippen LogP contribution in [0.3, 0.4) is 0 Å². The lowest BCUT2D eigenvalue weighted by molar-refractivity contribution is -0.125. The predicted molar refractivity (Wildman–Crippen MR) is 113 cm³/mol. The molecule has 0 saturated carbocycles. The van der Waals surface area contributed by atoms with Gasteiger partial charge in [0.2, 0.25) is 5.91 Å². The summed E-state index contributed by atoms with van der Waals surface area (Å²) < 4.78 is 11.0. The van der Waals surface area contributed by atoms with Crippen LogP contribution in [-0.4, -0.2) is 42.9 Å².